The lowest BCUT2D eigenvalue weighted by Crippen LogP contribution is -2.34. The van der Waals surface area contributed by atoms with Crippen LogP contribution in [-0.4, -0.2) is 50.7 Å². The van der Waals surface area contributed by atoms with Crippen LogP contribution in [0.25, 0.3) is 21.9 Å². The van der Waals surface area contributed by atoms with E-state index in [1.165, 1.54) is 0 Å². The third kappa shape index (κ3) is 3.70. The van der Waals surface area contributed by atoms with Gasteiger partial charge in [0.1, 0.15) is 5.78 Å². The SMILES string of the molecule is CN1CCC(C(=O)Cc2cc3cc(-c4cnn(C)c4CO)ccc3cn2)CC1. The molecular formula is C22H26N4O2. The van der Waals surface area contributed by atoms with Crippen molar-refractivity contribution >= 4 is 16.6 Å². The molecule has 0 saturated carbocycles. The predicted molar refractivity (Wildman–Crippen MR) is 109 cm³/mol. The largest absolute Gasteiger partial charge is 0.390 e. The van der Waals surface area contributed by atoms with Gasteiger partial charge in [0.2, 0.25) is 0 Å². The summed E-state index contributed by atoms with van der Waals surface area (Å²) in [4.78, 5) is 19.5. The molecule has 0 amide bonds. The van der Waals surface area contributed by atoms with Gasteiger partial charge in [-0.1, -0.05) is 12.1 Å². The topological polar surface area (TPSA) is 71.2 Å². The highest BCUT2D eigenvalue weighted by Gasteiger charge is 2.23. The number of aromatic nitrogens is 3. The summed E-state index contributed by atoms with van der Waals surface area (Å²) in [7, 11) is 3.93. The molecule has 4 rings (SSSR count). The van der Waals surface area contributed by atoms with Gasteiger partial charge < -0.3 is 10.0 Å². The van der Waals surface area contributed by atoms with Crippen molar-refractivity contribution in [3.63, 3.8) is 0 Å². The van der Waals surface area contributed by atoms with E-state index < -0.39 is 0 Å². The van der Waals surface area contributed by atoms with Gasteiger partial charge in [0.05, 0.1) is 18.5 Å². The Bertz CT molecular complexity index is 1000. The lowest BCUT2D eigenvalue weighted by atomic mass is 9.90. The first-order valence-electron chi connectivity index (χ1n) is 9.77. The molecule has 1 aliphatic heterocycles. The average molecular weight is 378 g/mol. The van der Waals surface area contributed by atoms with Crippen LogP contribution in [0.4, 0.5) is 0 Å². The standard InChI is InChI=1S/C22H26N4O2/c1-25-7-5-15(6-8-25)22(28)11-19-10-18-9-16(3-4-17(18)12-23-19)20-13-24-26(2)21(20)14-27/h3-4,9-10,12-13,15,27H,5-8,11,14H2,1-2H3. The number of hydrogen-bond acceptors (Lipinski definition) is 5. The molecule has 1 aliphatic rings. The lowest BCUT2D eigenvalue weighted by molar-refractivity contribution is -0.123. The summed E-state index contributed by atoms with van der Waals surface area (Å²) in [5.74, 6) is 0.452. The average Bonchev–Trinajstić information content (AvgIpc) is 3.08. The number of benzene rings is 1. The van der Waals surface area contributed by atoms with E-state index in [4.69, 9.17) is 0 Å². The van der Waals surface area contributed by atoms with Crippen LogP contribution in [-0.2, 0) is 24.9 Å². The van der Waals surface area contributed by atoms with Gasteiger partial charge >= 0.3 is 0 Å². The minimum absolute atomic E-state index is 0.0590. The Kier molecular flexibility index (Phi) is 5.24. The number of fused-ring (bicyclic) bond motifs is 1. The predicted octanol–water partition coefficient (Wildman–Crippen LogP) is 2.58. The monoisotopic (exact) mass is 378 g/mol. The zero-order valence-corrected chi connectivity index (χ0v) is 16.4. The van der Waals surface area contributed by atoms with Crippen LogP contribution in [0.1, 0.15) is 24.2 Å². The minimum atomic E-state index is -0.0590. The Labute approximate surface area is 164 Å². The van der Waals surface area contributed by atoms with Gasteiger partial charge in [0.25, 0.3) is 0 Å². The molecule has 146 valence electrons. The molecule has 0 atom stereocenters. The number of rotatable bonds is 5. The van der Waals surface area contributed by atoms with Gasteiger partial charge in [-0.15, -0.1) is 0 Å². The van der Waals surface area contributed by atoms with E-state index in [9.17, 15) is 9.90 Å². The molecule has 0 unspecified atom stereocenters. The number of carbonyl (C=O) groups excluding carboxylic acids is 1. The highest BCUT2D eigenvalue weighted by molar-refractivity contribution is 5.89. The van der Waals surface area contributed by atoms with E-state index in [0.717, 1.165) is 59.2 Å². The molecular weight excluding hydrogens is 352 g/mol. The number of likely N-dealkylation sites (tertiary alicyclic amines) is 1. The summed E-state index contributed by atoms with van der Waals surface area (Å²) >= 11 is 0. The first-order chi connectivity index (χ1) is 13.5. The molecule has 2 aromatic heterocycles. The number of pyridine rings is 1. The van der Waals surface area contributed by atoms with Crippen molar-refractivity contribution in [1.29, 1.82) is 0 Å². The zero-order valence-electron chi connectivity index (χ0n) is 16.4. The van der Waals surface area contributed by atoms with Crippen LogP contribution in [0.3, 0.4) is 0 Å². The van der Waals surface area contributed by atoms with Crippen LogP contribution < -0.4 is 0 Å². The first kappa shape index (κ1) is 18.8. The number of aryl methyl sites for hydroxylation is 1. The normalized spacial score (nSPS) is 16.0. The quantitative estimate of drug-likeness (QED) is 0.739. The van der Waals surface area contributed by atoms with Crippen molar-refractivity contribution in [3.8, 4) is 11.1 Å². The van der Waals surface area contributed by atoms with E-state index in [1.54, 1.807) is 10.9 Å². The molecule has 1 aromatic carbocycles. The molecule has 1 saturated heterocycles. The van der Waals surface area contributed by atoms with E-state index in [2.05, 4.69) is 28.1 Å². The summed E-state index contributed by atoms with van der Waals surface area (Å²) in [6.07, 6.45) is 5.89. The Hall–Kier alpha value is -2.57. The van der Waals surface area contributed by atoms with Crippen molar-refractivity contribution in [3.05, 3.63) is 48.0 Å². The highest BCUT2D eigenvalue weighted by atomic mass is 16.3. The Morgan fingerprint density at radius 3 is 2.68 bits per heavy atom. The van der Waals surface area contributed by atoms with E-state index in [-0.39, 0.29) is 12.5 Å². The molecule has 3 heterocycles. The van der Waals surface area contributed by atoms with Crippen LogP contribution in [0.15, 0.2) is 36.7 Å². The van der Waals surface area contributed by atoms with Gasteiger partial charge in [-0.2, -0.15) is 5.10 Å². The highest BCUT2D eigenvalue weighted by Crippen LogP contribution is 2.27. The first-order valence-corrected chi connectivity index (χ1v) is 9.77. The Morgan fingerprint density at radius 1 is 1.14 bits per heavy atom. The third-order valence-corrected chi connectivity index (χ3v) is 5.83. The van der Waals surface area contributed by atoms with Crippen molar-refractivity contribution in [2.45, 2.75) is 25.9 Å². The Balaban J connectivity index is 1.58. The summed E-state index contributed by atoms with van der Waals surface area (Å²) < 4.78 is 1.69. The van der Waals surface area contributed by atoms with Gasteiger partial charge in [0.15, 0.2) is 0 Å². The smallest absolute Gasteiger partial charge is 0.142 e. The molecule has 28 heavy (non-hydrogen) atoms. The number of nitrogens with zero attached hydrogens (tertiary/aromatic N) is 4. The third-order valence-electron chi connectivity index (χ3n) is 5.83. The van der Waals surface area contributed by atoms with Gasteiger partial charge in [-0.3, -0.25) is 14.5 Å². The summed E-state index contributed by atoms with van der Waals surface area (Å²) in [6.45, 7) is 1.92. The maximum Gasteiger partial charge on any atom is 0.142 e. The molecule has 1 fully saturated rings. The number of carbonyl (C=O) groups is 1. The van der Waals surface area contributed by atoms with Gasteiger partial charge in [-0.25, -0.2) is 0 Å². The number of aliphatic hydroxyl groups is 1. The van der Waals surface area contributed by atoms with Gasteiger partial charge in [0, 0.05) is 42.2 Å². The molecule has 0 aliphatic carbocycles. The Morgan fingerprint density at radius 2 is 1.93 bits per heavy atom. The number of Topliss-reactive ketones (excluding diaryl/α,β-unsaturated/α-hetero) is 1. The fourth-order valence-corrected chi connectivity index (χ4v) is 4.00. The van der Waals surface area contributed by atoms with Crippen molar-refractivity contribution in [2.75, 3.05) is 20.1 Å². The fourth-order valence-electron chi connectivity index (χ4n) is 4.00. The maximum atomic E-state index is 12.7. The second kappa shape index (κ2) is 7.81. The number of ketones is 1. The minimum Gasteiger partial charge on any atom is -0.390 e. The van der Waals surface area contributed by atoms with Crippen molar-refractivity contribution in [1.82, 2.24) is 19.7 Å². The van der Waals surface area contributed by atoms with Crippen LogP contribution >= 0.6 is 0 Å². The van der Waals surface area contributed by atoms with E-state index in [1.807, 2.05) is 31.4 Å². The second-order valence-electron chi connectivity index (χ2n) is 7.74. The molecule has 6 nitrogen and oxygen atoms in total. The molecule has 6 heteroatoms. The molecule has 0 radical (unpaired) electrons. The zero-order chi connectivity index (χ0) is 19.7. The maximum absolute atomic E-state index is 12.7. The van der Waals surface area contributed by atoms with Crippen LogP contribution in [0.2, 0.25) is 0 Å². The molecule has 0 bridgehead atoms. The number of aliphatic hydroxyl groups excluding tert-OH is 1. The summed E-state index contributed by atoms with van der Waals surface area (Å²) in [5.41, 5.74) is 3.53. The number of hydrogen-bond donors (Lipinski definition) is 1. The lowest BCUT2D eigenvalue weighted by Gasteiger charge is -2.27. The summed E-state index contributed by atoms with van der Waals surface area (Å²) in [5, 5.41) is 16.0. The molecule has 1 N–H and O–H groups in total. The fraction of sp³-hybridized carbons (Fsp3) is 0.409. The van der Waals surface area contributed by atoms with E-state index in [0.29, 0.717) is 12.2 Å². The van der Waals surface area contributed by atoms with Crippen LogP contribution in [0.5, 0.6) is 0 Å². The second-order valence-corrected chi connectivity index (χ2v) is 7.74. The van der Waals surface area contributed by atoms with E-state index >= 15 is 0 Å². The molecule has 0 spiro atoms. The number of piperidine rings is 1. The van der Waals surface area contributed by atoms with Crippen molar-refractivity contribution in [2.24, 2.45) is 13.0 Å². The summed E-state index contributed by atoms with van der Waals surface area (Å²) in [6, 6.07) is 8.13. The molecule has 3 aromatic rings. The van der Waals surface area contributed by atoms with Crippen molar-refractivity contribution < 1.29 is 9.90 Å². The van der Waals surface area contributed by atoms with Gasteiger partial charge in [-0.05, 0) is 56.1 Å². The van der Waals surface area contributed by atoms with Crippen LogP contribution in [0, 0.1) is 5.92 Å².